The van der Waals surface area contributed by atoms with Crippen molar-refractivity contribution >= 4 is 31.5 Å². The van der Waals surface area contributed by atoms with Gasteiger partial charge in [-0.2, -0.15) is 0 Å². The molecule has 118 valence electrons. The summed E-state index contributed by atoms with van der Waals surface area (Å²) >= 11 is 1.86. The Morgan fingerprint density at radius 1 is 0.476 bits per heavy atom. The fraction of sp³-hybridized carbons (Fsp3) is 0.400. The van der Waals surface area contributed by atoms with Crippen LogP contribution in [0.4, 0.5) is 0 Å². The molecular formula is C20H32S. The van der Waals surface area contributed by atoms with Crippen LogP contribution in [0.1, 0.15) is 55.4 Å². The van der Waals surface area contributed by atoms with Gasteiger partial charge in [0.1, 0.15) is 0 Å². The lowest BCUT2D eigenvalue weighted by Gasteiger charge is -1.88. The van der Waals surface area contributed by atoms with E-state index in [-0.39, 0.29) is 0 Å². The van der Waals surface area contributed by atoms with Crippen LogP contribution in [0, 0.1) is 0 Å². The van der Waals surface area contributed by atoms with Crippen molar-refractivity contribution in [2.45, 2.75) is 55.4 Å². The summed E-state index contributed by atoms with van der Waals surface area (Å²) < 4.78 is 2.76. The van der Waals surface area contributed by atoms with Crippen LogP contribution >= 0.6 is 11.3 Å². The van der Waals surface area contributed by atoms with Crippen LogP contribution in [-0.4, -0.2) is 0 Å². The standard InChI is InChI=1S/C12H8S.4C2H6/c1-3-7-11-9(5-1)10-6-2-4-8-12(10)13-11;4*1-2/h1-8H;4*1-2H3. The molecule has 0 saturated carbocycles. The van der Waals surface area contributed by atoms with Gasteiger partial charge in [0.25, 0.3) is 0 Å². The summed E-state index contributed by atoms with van der Waals surface area (Å²) in [4.78, 5) is 0. The van der Waals surface area contributed by atoms with E-state index in [1.807, 2.05) is 66.7 Å². The van der Waals surface area contributed by atoms with Gasteiger partial charge in [-0.05, 0) is 12.1 Å². The maximum Gasteiger partial charge on any atom is 0.0355 e. The first-order chi connectivity index (χ1) is 10.4. The lowest BCUT2D eigenvalue weighted by Crippen LogP contribution is -1.62. The van der Waals surface area contributed by atoms with E-state index in [0.717, 1.165) is 0 Å². The molecule has 0 nitrogen and oxygen atoms in total. The van der Waals surface area contributed by atoms with Crippen molar-refractivity contribution in [3.63, 3.8) is 0 Å². The van der Waals surface area contributed by atoms with Crippen LogP contribution in [0.15, 0.2) is 48.5 Å². The molecule has 21 heavy (non-hydrogen) atoms. The van der Waals surface area contributed by atoms with Gasteiger partial charge >= 0.3 is 0 Å². The Morgan fingerprint density at radius 2 is 0.762 bits per heavy atom. The van der Waals surface area contributed by atoms with Gasteiger partial charge in [-0.25, -0.2) is 0 Å². The van der Waals surface area contributed by atoms with Gasteiger partial charge < -0.3 is 0 Å². The van der Waals surface area contributed by atoms with Crippen LogP contribution < -0.4 is 0 Å². The minimum Gasteiger partial charge on any atom is -0.135 e. The van der Waals surface area contributed by atoms with Gasteiger partial charge in [0.05, 0.1) is 0 Å². The van der Waals surface area contributed by atoms with Gasteiger partial charge in [-0.1, -0.05) is 91.8 Å². The Balaban J connectivity index is 0. The summed E-state index contributed by atoms with van der Waals surface area (Å²) in [5, 5.41) is 2.76. The quantitative estimate of drug-likeness (QED) is 0.393. The van der Waals surface area contributed by atoms with E-state index in [2.05, 4.69) is 48.5 Å². The van der Waals surface area contributed by atoms with E-state index in [9.17, 15) is 0 Å². The molecule has 0 unspecified atom stereocenters. The number of hydrogen-bond donors (Lipinski definition) is 0. The average Bonchev–Trinajstić information content (AvgIpc) is 3.01. The van der Waals surface area contributed by atoms with Crippen LogP contribution in [0.25, 0.3) is 20.2 Å². The number of fused-ring (bicyclic) bond motifs is 3. The predicted molar refractivity (Wildman–Crippen MR) is 105 cm³/mol. The average molecular weight is 305 g/mol. The van der Waals surface area contributed by atoms with E-state index in [0.29, 0.717) is 0 Å². The van der Waals surface area contributed by atoms with Gasteiger partial charge in [0, 0.05) is 20.2 Å². The molecule has 0 aliphatic carbocycles. The highest BCUT2D eigenvalue weighted by molar-refractivity contribution is 7.25. The highest BCUT2D eigenvalue weighted by atomic mass is 32.1. The third kappa shape index (κ3) is 6.31. The molecule has 0 aliphatic heterocycles. The predicted octanol–water partition coefficient (Wildman–Crippen LogP) is 8.16. The smallest absolute Gasteiger partial charge is 0.0355 e. The molecular weight excluding hydrogens is 272 g/mol. The molecule has 0 fully saturated rings. The first-order valence-electron chi connectivity index (χ1n) is 8.31. The molecule has 0 N–H and O–H groups in total. The van der Waals surface area contributed by atoms with E-state index in [1.165, 1.54) is 20.2 Å². The Bertz CT molecular complexity index is 514. The zero-order chi connectivity index (χ0) is 16.7. The summed E-state index contributed by atoms with van der Waals surface area (Å²) in [7, 11) is 0. The molecule has 0 spiro atoms. The van der Waals surface area contributed by atoms with E-state index in [1.54, 1.807) is 0 Å². The molecule has 2 aromatic carbocycles. The third-order valence-electron chi connectivity index (χ3n) is 2.28. The topological polar surface area (TPSA) is 0 Å². The molecule has 1 heteroatoms. The molecule has 3 rings (SSSR count). The number of rotatable bonds is 0. The maximum atomic E-state index is 2.19. The highest BCUT2D eigenvalue weighted by Crippen LogP contribution is 2.32. The molecule has 1 heterocycles. The molecule has 0 aliphatic rings. The summed E-state index contributed by atoms with van der Waals surface area (Å²) in [5.74, 6) is 0. The highest BCUT2D eigenvalue weighted by Gasteiger charge is 2.01. The second kappa shape index (κ2) is 15.1. The summed E-state index contributed by atoms with van der Waals surface area (Å²) in [5.41, 5.74) is 0. The molecule has 0 bridgehead atoms. The Morgan fingerprint density at radius 3 is 1.10 bits per heavy atom. The minimum atomic E-state index is 1.38. The van der Waals surface area contributed by atoms with Gasteiger partial charge in [-0.3, -0.25) is 0 Å². The zero-order valence-corrected chi connectivity index (χ0v) is 15.8. The maximum absolute atomic E-state index is 2.19. The van der Waals surface area contributed by atoms with Crippen LogP contribution in [0.2, 0.25) is 0 Å². The van der Waals surface area contributed by atoms with Crippen molar-refractivity contribution in [2.75, 3.05) is 0 Å². The van der Waals surface area contributed by atoms with E-state index < -0.39 is 0 Å². The SMILES string of the molecule is CC.CC.CC.CC.c1ccc2c(c1)sc1ccccc12. The fourth-order valence-electron chi connectivity index (χ4n) is 1.67. The first-order valence-corrected chi connectivity index (χ1v) is 9.13. The molecule has 0 amide bonds. The molecule has 0 atom stereocenters. The normalized spacial score (nSPS) is 8.00. The molecule has 3 aromatic rings. The number of thiophene rings is 1. The Hall–Kier alpha value is -1.34. The second-order valence-corrected chi connectivity index (χ2v) is 4.18. The molecule has 1 aromatic heterocycles. The minimum absolute atomic E-state index is 1.38. The first kappa shape index (κ1) is 21.9. The third-order valence-corrected chi connectivity index (χ3v) is 3.44. The zero-order valence-electron chi connectivity index (χ0n) is 15.0. The van der Waals surface area contributed by atoms with E-state index in [4.69, 9.17) is 0 Å². The van der Waals surface area contributed by atoms with Gasteiger partial charge in [-0.15, -0.1) is 11.3 Å². The monoisotopic (exact) mass is 304 g/mol. The van der Waals surface area contributed by atoms with Crippen LogP contribution in [0.3, 0.4) is 0 Å². The largest absolute Gasteiger partial charge is 0.135 e. The Labute approximate surface area is 135 Å². The summed E-state index contributed by atoms with van der Waals surface area (Å²) in [6.45, 7) is 16.0. The number of hydrogen-bond acceptors (Lipinski definition) is 1. The van der Waals surface area contributed by atoms with E-state index >= 15 is 0 Å². The fourth-order valence-corrected chi connectivity index (χ4v) is 2.78. The lowest BCUT2D eigenvalue weighted by atomic mass is 10.2. The van der Waals surface area contributed by atoms with Crippen molar-refractivity contribution in [2.24, 2.45) is 0 Å². The Kier molecular flexibility index (Phi) is 15.7. The molecule has 0 saturated heterocycles. The van der Waals surface area contributed by atoms with Crippen molar-refractivity contribution in [3.8, 4) is 0 Å². The van der Waals surface area contributed by atoms with Crippen molar-refractivity contribution in [1.29, 1.82) is 0 Å². The lowest BCUT2D eigenvalue weighted by molar-refractivity contribution is 1.50. The van der Waals surface area contributed by atoms with Crippen molar-refractivity contribution < 1.29 is 0 Å². The van der Waals surface area contributed by atoms with Crippen LogP contribution in [-0.2, 0) is 0 Å². The van der Waals surface area contributed by atoms with Crippen LogP contribution in [0.5, 0.6) is 0 Å². The van der Waals surface area contributed by atoms with Gasteiger partial charge in [0.2, 0.25) is 0 Å². The van der Waals surface area contributed by atoms with Crippen molar-refractivity contribution in [1.82, 2.24) is 0 Å². The second-order valence-electron chi connectivity index (χ2n) is 3.09. The summed E-state index contributed by atoms with van der Waals surface area (Å²) in [6.07, 6.45) is 0. The summed E-state index contributed by atoms with van der Waals surface area (Å²) in [6, 6.07) is 17.1. The number of benzene rings is 2. The van der Waals surface area contributed by atoms with Gasteiger partial charge in [0.15, 0.2) is 0 Å². The van der Waals surface area contributed by atoms with Crippen molar-refractivity contribution in [3.05, 3.63) is 48.5 Å². The molecule has 0 radical (unpaired) electrons.